The van der Waals surface area contributed by atoms with Crippen LogP contribution < -0.4 is 9.80 Å². The van der Waals surface area contributed by atoms with Crippen LogP contribution in [0.4, 0.5) is 11.6 Å². The van der Waals surface area contributed by atoms with Gasteiger partial charge in [0.15, 0.2) is 11.6 Å². The molecule has 1 unspecified atom stereocenters. The molecule has 0 saturated carbocycles. The second-order valence-electron chi connectivity index (χ2n) is 4.80. The summed E-state index contributed by atoms with van der Waals surface area (Å²) in [4.78, 5) is 13.5. The van der Waals surface area contributed by atoms with E-state index in [1.807, 2.05) is 0 Å². The molecule has 2 aliphatic heterocycles. The van der Waals surface area contributed by atoms with Gasteiger partial charge in [0.1, 0.15) is 6.17 Å². The van der Waals surface area contributed by atoms with E-state index in [9.17, 15) is 0 Å². The number of hydrogen-bond donors (Lipinski definition) is 0. The maximum absolute atomic E-state index is 4.50. The predicted octanol–water partition coefficient (Wildman–Crippen LogP) is 2.07. The molecule has 4 heteroatoms. The molecule has 17 heavy (non-hydrogen) atoms. The first-order chi connectivity index (χ1) is 8.36. The topological polar surface area (TPSA) is 32.3 Å². The van der Waals surface area contributed by atoms with Gasteiger partial charge in [-0.2, -0.15) is 0 Å². The number of rotatable bonds is 0. The van der Waals surface area contributed by atoms with E-state index in [0.29, 0.717) is 6.17 Å². The van der Waals surface area contributed by atoms with Gasteiger partial charge in [0.05, 0.1) is 0 Å². The van der Waals surface area contributed by atoms with E-state index in [-0.39, 0.29) is 0 Å². The molecule has 4 nitrogen and oxygen atoms in total. The largest absolute Gasteiger partial charge is 0.335 e. The van der Waals surface area contributed by atoms with Crippen LogP contribution in [0.5, 0.6) is 0 Å². The molecule has 0 aromatic carbocycles. The standard InChI is InChI=1S/C13H14N4/c1-16-11-8-9-4-2-3-5-10(9)17(11)13-12(16)14-6-7-15-13/h3,5-7,11H,2,4,8H2,1H3. The third-order valence-electron chi connectivity index (χ3n) is 3.91. The molecule has 0 bridgehead atoms. The van der Waals surface area contributed by atoms with Gasteiger partial charge in [-0.15, -0.1) is 0 Å². The molecule has 0 spiro atoms. The molecule has 0 fully saturated rings. The third kappa shape index (κ3) is 1.07. The number of allylic oxidation sites excluding steroid dienone is 2. The molecule has 1 aromatic rings. The molecule has 0 amide bonds. The Morgan fingerprint density at radius 1 is 1.24 bits per heavy atom. The van der Waals surface area contributed by atoms with Crippen LogP contribution in [-0.2, 0) is 0 Å². The lowest BCUT2D eigenvalue weighted by atomic mass is 10.0. The van der Waals surface area contributed by atoms with Crippen molar-refractivity contribution >= 4 is 11.6 Å². The minimum absolute atomic E-state index is 0.389. The first-order valence-electron chi connectivity index (χ1n) is 6.08. The lowest BCUT2D eigenvalue weighted by Gasteiger charge is -2.23. The van der Waals surface area contributed by atoms with Gasteiger partial charge in [-0.3, -0.25) is 0 Å². The van der Waals surface area contributed by atoms with E-state index in [1.54, 1.807) is 18.0 Å². The predicted molar refractivity (Wildman–Crippen MR) is 66.7 cm³/mol. The zero-order chi connectivity index (χ0) is 11.4. The summed E-state index contributed by atoms with van der Waals surface area (Å²) in [6.45, 7) is 0. The molecule has 0 N–H and O–H groups in total. The fraction of sp³-hybridized carbons (Fsp3) is 0.385. The van der Waals surface area contributed by atoms with Gasteiger partial charge in [-0.25, -0.2) is 9.97 Å². The number of anilines is 2. The van der Waals surface area contributed by atoms with E-state index in [4.69, 9.17) is 0 Å². The minimum Gasteiger partial charge on any atom is -0.335 e. The molecule has 86 valence electrons. The Kier molecular flexibility index (Phi) is 1.68. The summed E-state index contributed by atoms with van der Waals surface area (Å²) in [6, 6.07) is 0. The molecule has 1 aliphatic carbocycles. The van der Waals surface area contributed by atoms with Crippen LogP contribution in [0.15, 0.2) is 35.8 Å². The monoisotopic (exact) mass is 226 g/mol. The minimum atomic E-state index is 0.389. The Bertz CT molecular complexity index is 546. The molecule has 4 rings (SSSR count). The van der Waals surface area contributed by atoms with Gasteiger partial charge in [0, 0.05) is 31.6 Å². The smallest absolute Gasteiger partial charge is 0.178 e. The van der Waals surface area contributed by atoms with Crippen molar-refractivity contribution in [3.8, 4) is 0 Å². The average molecular weight is 226 g/mol. The molecule has 1 aromatic heterocycles. The van der Waals surface area contributed by atoms with Gasteiger partial charge in [-0.1, -0.05) is 6.08 Å². The van der Waals surface area contributed by atoms with Crippen molar-refractivity contribution in [1.29, 1.82) is 0 Å². The molecule has 0 saturated heterocycles. The summed E-state index contributed by atoms with van der Waals surface area (Å²) in [5.74, 6) is 2.01. The van der Waals surface area contributed by atoms with Gasteiger partial charge < -0.3 is 9.80 Å². The van der Waals surface area contributed by atoms with Crippen molar-refractivity contribution in [2.24, 2.45) is 0 Å². The maximum Gasteiger partial charge on any atom is 0.178 e. The van der Waals surface area contributed by atoms with Gasteiger partial charge in [-0.05, 0) is 24.5 Å². The van der Waals surface area contributed by atoms with Crippen LogP contribution in [0, 0.1) is 0 Å². The molecular formula is C13H14N4. The summed E-state index contributed by atoms with van der Waals surface area (Å²) in [5, 5.41) is 0. The van der Waals surface area contributed by atoms with Gasteiger partial charge in [0.25, 0.3) is 0 Å². The van der Waals surface area contributed by atoms with Gasteiger partial charge in [0.2, 0.25) is 0 Å². The first kappa shape index (κ1) is 9.22. The van der Waals surface area contributed by atoms with E-state index in [0.717, 1.165) is 18.1 Å². The van der Waals surface area contributed by atoms with Crippen LogP contribution in [0.2, 0.25) is 0 Å². The second kappa shape index (κ2) is 3.09. The summed E-state index contributed by atoms with van der Waals surface area (Å²) >= 11 is 0. The molecule has 0 radical (unpaired) electrons. The lowest BCUT2D eigenvalue weighted by Crippen LogP contribution is -2.36. The summed E-state index contributed by atoms with van der Waals surface area (Å²) in [7, 11) is 2.11. The summed E-state index contributed by atoms with van der Waals surface area (Å²) in [6.07, 6.45) is 11.9. The Morgan fingerprint density at radius 3 is 2.94 bits per heavy atom. The van der Waals surface area contributed by atoms with Crippen LogP contribution in [0.1, 0.15) is 19.3 Å². The zero-order valence-corrected chi connectivity index (χ0v) is 9.80. The van der Waals surface area contributed by atoms with Crippen molar-refractivity contribution < 1.29 is 0 Å². The first-order valence-corrected chi connectivity index (χ1v) is 6.08. The Morgan fingerprint density at radius 2 is 2.06 bits per heavy atom. The molecule has 1 atom stereocenters. The number of hydrogen-bond acceptors (Lipinski definition) is 4. The third-order valence-corrected chi connectivity index (χ3v) is 3.91. The number of nitrogens with zero attached hydrogens (tertiary/aromatic N) is 4. The van der Waals surface area contributed by atoms with Crippen molar-refractivity contribution in [3.05, 3.63) is 35.8 Å². The van der Waals surface area contributed by atoms with E-state index in [1.165, 1.54) is 18.5 Å². The Balaban J connectivity index is 1.88. The average Bonchev–Trinajstić information content (AvgIpc) is 2.88. The van der Waals surface area contributed by atoms with Crippen molar-refractivity contribution in [1.82, 2.24) is 9.97 Å². The van der Waals surface area contributed by atoms with Crippen molar-refractivity contribution in [2.75, 3.05) is 16.8 Å². The van der Waals surface area contributed by atoms with E-state index in [2.05, 4.69) is 39.0 Å². The van der Waals surface area contributed by atoms with E-state index >= 15 is 0 Å². The molecule has 3 heterocycles. The number of aromatic nitrogens is 2. The fourth-order valence-electron chi connectivity index (χ4n) is 3.08. The van der Waals surface area contributed by atoms with Crippen LogP contribution in [0.25, 0.3) is 0 Å². The normalized spacial score (nSPS) is 25.1. The Hall–Kier alpha value is -1.84. The second-order valence-corrected chi connectivity index (χ2v) is 4.80. The molecular weight excluding hydrogens is 212 g/mol. The van der Waals surface area contributed by atoms with E-state index < -0.39 is 0 Å². The highest BCUT2D eigenvalue weighted by Crippen LogP contribution is 2.46. The highest BCUT2D eigenvalue weighted by molar-refractivity contribution is 5.76. The summed E-state index contributed by atoms with van der Waals surface area (Å²) < 4.78 is 0. The van der Waals surface area contributed by atoms with Crippen LogP contribution in [0.3, 0.4) is 0 Å². The highest BCUT2D eigenvalue weighted by atomic mass is 15.5. The summed E-state index contributed by atoms with van der Waals surface area (Å²) in [5.41, 5.74) is 2.92. The fourth-order valence-corrected chi connectivity index (χ4v) is 3.08. The molecule has 3 aliphatic rings. The van der Waals surface area contributed by atoms with Crippen molar-refractivity contribution in [3.63, 3.8) is 0 Å². The zero-order valence-electron chi connectivity index (χ0n) is 9.80. The Labute approximate surface area is 100 Å². The highest BCUT2D eigenvalue weighted by Gasteiger charge is 2.43. The maximum atomic E-state index is 4.50. The SMILES string of the molecule is CN1c2nccnc2N2C3=C(CCC=C3)CC12. The van der Waals surface area contributed by atoms with Crippen LogP contribution in [-0.4, -0.2) is 23.2 Å². The lowest BCUT2D eigenvalue weighted by molar-refractivity contribution is 0.679. The van der Waals surface area contributed by atoms with Crippen molar-refractivity contribution in [2.45, 2.75) is 25.4 Å². The number of fused-ring (bicyclic) bond motifs is 4. The van der Waals surface area contributed by atoms with Crippen LogP contribution >= 0.6 is 0 Å². The van der Waals surface area contributed by atoms with Gasteiger partial charge >= 0.3 is 0 Å². The quantitative estimate of drug-likeness (QED) is 0.678.